The third-order valence-corrected chi connectivity index (χ3v) is 6.47. The van der Waals surface area contributed by atoms with Gasteiger partial charge in [-0.3, -0.25) is 34.2 Å². The number of hydrogen-bond donors (Lipinski definition) is 3. The summed E-state index contributed by atoms with van der Waals surface area (Å²) >= 11 is 0. The Morgan fingerprint density at radius 3 is 2.41 bits per heavy atom. The number of alkyl carbamates (subject to hydrolysis) is 1. The third kappa shape index (κ3) is 5.73. The van der Waals surface area contributed by atoms with E-state index in [-0.39, 0.29) is 42.5 Å². The minimum atomic E-state index is -1.06. The zero-order valence-electron chi connectivity index (χ0n) is 21.1. The monoisotopic (exact) mass is 513 g/mol. The summed E-state index contributed by atoms with van der Waals surface area (Å²) in [6, 6.07) is 3.54. The summed E-state index contributed by atoms with van der Waals surface area (Å²) in [5.74, 6) is -2.56. The smallest absolute Gasteiger partial charge is 0.407 e. The number of piperidine rings is 2. The van der Waals surface area contributed by atoms with Crippen LogP contribution in [-0.4, -0.2) is 82.7 Å². The van der Waals surface area contributed by atoms with Gasteiger partial charge < -0.3 is 20.3 Å². The molecule has 2 fully saturated rings. The second-order valence-electron chi connectivity index (χ2n) is 10.3. The molecule has 12 nitrogen and oxygen atoms in total. The van der Waals surface area contributed by atoms with E-state index in [0.29, 0.717) is 31.6 Å². The minimum absolute atomic E-state index is 0.0351. The number of nitrogens with zero attached hydrogens (tertiary/aromatic N) is 2. The van der Waals surface area contributed by atoms with Gasteiger partial charge in [-0.05, 0) is 52.2 Å². The van der Waals surface area contributed by atoms with Crippen molar-refractivity contribution in [1.82, 2.24) is 20.4 Å². The standard InChI is InChI=1S/C25H31N5O7/c1-25(2,3)37-24(36)27-14-9-11-29(12-10-14)19(32)13-26-16-6-4-5-15-20(16)23(35)30(22(15)34)17-7-8-18(31)28-21(17)33/h4-6,14,17,26H,7-13H2,1-3H3,(H,27,36)(H,28,31,33). The Morgan fingerprint density at radius 2 is 1.76 bits per heavy atom. The number of carbonyl (C=O) groups is 6. The molecule has 1 aromatic rings. The molecule has 6 amide bonds. The van der Waals surface area contributed by atoms with E-state index < -0.39 is 41.4 Å². The van der Waals surface area contributed by atoms with E-state index in [9.17, 15) is 28.8 Å². The molecule has 198 valence electrons. The highest BCUT2D eigenvalue weighted by Crippen LogP contribution is 2.32. The van der Waals surface area contributed by atoms with Crippen molar-refractivity contribution in [3.8, 4) is 0 Å². The maximum atomic E-state index is 13.2. The lowest BCUT2D eigenvalue weighted by Crippen LogP contribution is -2.54. The summed E-state index contributed by atoms with van der Waals surface area (Å²) in [6.07, 6.45) is 0.783. The SMILES string of the molecule is CC(C)(C)OC(=O)NC1CCN(C(=O)CNc2cccc3c2C(=O)N(C2CCC(=O)NC2=O)C3=O)CC1. The van der Waals surface area contributed by atoms with Crippen molar-refractivity contribution in [3.05, 3.63) is 29.3 Å². The Balaban J connectivity index is 1.34. The zero-order chi connectivity index (χ0) is 26.9. The van der Waals surface area contributed by atoms with Crippen LogP contribution in [0.4, 0.5) is 10.5 Å². The van der Waals surface area contributed by atoms with Crippen LogP contribution in [-0.2, 0) is 19.1 Å². The number of rotatable bonds is 5. The molecule has 0 aromatic heterocycles. The molecule has 4 rings (SSSR count). The molecule has 1 atom stereocenters. The Hall–Kier alpha value is -3.96. The molecule has 2 saturated heterocycles. The normalized spacial score (nSPS) is 20.5. The number of likely N-dealkylation sites (tertiary alicyclic amines) is 1. The summed E-state index contributed by atoms with van der Waals surface area (Å²) in [4.78, 5) is 77.2. The topological polar surface area (TPSA) is 154 Å². The van der Waals surface area contributed by atoms with Gasteiger partial charge in [-0.1, -0.05) is 6.07 Å². The van der Waals surface area contributed by atoms with Crippen LogP contribution in [0.15, 0.2) is 18.2 Å². The van der Waals surface area contributed by atoms with Crippen LogP contribution in [0, 0.1) is 0 Å². The van der Waals surface area contributed by atoms with Crippen LogP contribution in [0.5, 0.6) is 0 Å². The van der Waals surface area contributed by atoms with Crippen molar-refractivity contribution < 1.29 is 33.5 Å². The second kappa shape index (κ2) is 10.2. The molecule has 0 aliphatic carbocycles. The third-order valence-electron chi connectivity index (χ3n) is 6.47. The Bertz CT molecular complexity index is 1150. The van der Waals surface area contributed by atoms with Crippen LogP contribution in [0.2, 0.25) is 0 Å². The van der Waals surface area contributed by atoms with Gasteiger partial charge in [-0.15, -0.1) is 0 Å². The largest absolute Gasteiger partial charge is 0.444 e. The number of amides is 6. The molecule has 0 spiro atoms. The molecule has 0 radical (unpaired) electrons. The lowest BCUT2D eigenvalue weighted by atomic mass is 10.0. The fourth-order valence-electron chi connectivity index (χ4n) is 4.69. The number of fused-ring (bicyclic) bond motifs is 1. The van der Waals surface area contributed by atoms with Crippen LogP contribution in [0.3, 0.4) is 0 Å². The molecule has 3 N–H and O–H groups in total. The number of hydrogen-bond acceptors (Lipinski definition) is 8. The molecule has 3 aliphatic rings. The number of anilines is 1. The summed E-state index contributed by atoms with van der Waals surface area (Å²) in [5.41, 5.74) is -0.0264. The first-order valence-corrected chi connectivity index (χ1v) is 12.3. The Kier molecular flexibility index (Phi) is 7.19. The lowest BCUT2D eigenvalue weighted by molar-refractivity contribution is -0.136. The number of benzene rings is 1. The molecule has 0 bridgehead atoms. The predicted molar refractivity (Wildman–Crippen MR) is 131 cm³/mol. The second-order valence-corrected chi connectivity index (χ2v) is 10.3. The summed E-state index contributed by atoms with van der Waals surface area (Å²) in [6.45, 7) is 6.18. The van der Waals surface area contributed by atoms with E-state index in [0.717, 1.165) is 4.90 Å². The van der Waals surface area contributed by atoms with Gasteiger partial charge >= 0.3 is 6.09 Å². The van der Waals surface area contributed by atoms with Crippen molar-refractivity contribution in [3.63, 3.8) is 0 Å². The van der Waals surface area contributed by atoms with Gasteiger partial charge in [-0.2, -0.15) is 0 Å². The van der Waals surface area contributed by atoms with Crippen molar-refractivity contribution in [1.29, 1.82) is 0 Å². The average molecular weight is 514 g/mol. The van der Waals surface area contributed by atoms with Gasteiger partial charge in [0.25, 0.3) is 11.8 Å². The fourth-order valence-corrected chi connectivity index (χ4v) is 4.69. The highest BCUT2D eigenvalue weighted by atomic mass is 16.6. The van der Waals surface area contributed by atoms with E-state index in [2.05, 4.69) is 16.0 Å². The van der Waals surface area contributed by atoms with Crippen molar-refractivity contribution >= 4 is 41.3 Å². The first kappa shape index (κ1) is 26.1. The number of ether oxygens (including phenoxy) is 1. The van der Waals surface area contributed by atoms with Gasteiger partial charge in [0.1, 0.15) is 11.6 Å². The molecule has 0 saturated carbocycles. The Morgan fingerprint density at radius 1 is 1.05 bits per heavy atom. The van der Waals surface area contributed by atoms with Gasteiger partial charge in [-0.25, -0.2) is 4.79 Å². The highest BCUT2D eigenvalue weighted by molar-refractivity contribution is 6.25. The van der Waals surface area contributed by atoms with E-state index >= 15 is 0 Å². The average Bonchev–Trinajstić information content (AvgIpc) is 3.07. The minimum Gasteiger partial charge on any atom is -0.444 e. The molecule has 3 aliphatic heterocycles. The van der Waals surface area contributed by atoms with E-state index in [1.54, 1.807) is 37.8 Å². The number of nitrogens with one attached hydrogen (secondary N) is 3. The van der Waals surface area contributed by atoms with E-state index in [1.807, 2.05) is 0 Å². The van der Waals surface area contributed by atoms with Crippen molar-refractivity contribution in [2.24, 2.45) is 0 Å². The summed E-state index contributed by atoms with van der Waals surface area (Å²) in [5, 5.41) is 7.97. The van der Waals surface area contributed by atoms with Gasteiger partial charge in [0.05, 0.1) is 17.7 Å². The molecule has 1 aromatic carbocycles. The summed E-state index contributed by atoms with van der Waals surface area (Å²) in [7, 11) is 0. The molecule has 3 heterocycles. The van der Waals surface area contributed by atoms with Gasteiger partial charge in [0.2, 0.25) is 17.7 Å². The first-order chi connectivity index (χ1) is 17.4. The van der Waals surface area contributed by atoms with Crippen LogP contribution >= 0.6 is 0 Å². The predicted octanol–water partition coefficient (Wildman–Crippen LogP) is 1.02. The zero-order valence-corrected chi connectivity index (χ0v) is 21.1. The fraction of sp³-hybridized carbons (Fsp3) is 0.520. The van der Waals surface area contributed by atoms with Gasteiger partial charge in [0.15, 0.2) is 0 Å². The van der Waals surface area contributed by atoms with Crippen molar-refractivity contribution in [2.45, 2.75) is 64.1 Å². The van der Waals surface area contributed by atoms with Crippen LogP contribution in [0.1, 0.15) is 67.2 Å². The van der Waals surface area contributed by atoms with Crippen LogP contribution < -0.4 is 16.0 Å². The highest BCUT2D eigenvalue weighted by Gasteiger charge is 2.45. The lowest BCUT2D eigenvalue weighted by Gasteiger charge is -2.33. The molecule has 37 heavy (non-hydrogen) atoms. The summed E-state index contributed by atoms with van der Waals surface area (Å²) < 4.78 is 5.28. The quantitative estimate of drug-likeness (QED) is 0.493. The molecular weight excluding hydrogens is 482 g/mol. The Labute approximate surface area is 214 Å². The maximum Gasteiger partial charge on any atom is 0.407 e. The molecule has 1 unspecified atom stereocenters. The maximum absolute atomic E-state index is 13.2. The number of imide groups is 2. The number of carbonyl (C=O) groups excluding carboxylic acids is 6. The first-order valence-electron chi connectivity index (χ1n) is 12.3. The molecular formula is C25H31N5O7. The van der Waals surface area contributed by atoms with E-state index in [4.69, 9.17) is 4.74 Å². The van der Waals surface area contributed by atoms with Gasteiger partial charge in [0, 0.05) is 31.2 Å². The van der Waals surface area contributed by atoms with Crippen LogP contribution in [0.25, 0.3) is 0 Å². The molecule has 12 heteroatoms. The van der Waals surface area contributed by atoms with E-state index in [1.165, 1.54) is 6.07 Å². The van der Waals surface area contributed by atoms with Crippen molar-refractivity contribution in [2.75, 3.05) is 25.0 Å².